The third-order valence-corrected chi connectivity index (χ3v) is 2.06. The SMILES string of the molecule is CC(=O)N(C(=O)C/C=C/C#N)c1ccccc1. The van der Waals surface area contributed by atoms with E-state index in [0.717, 1.165) is 4.90 Å². The number of allylic oxidation sites excluding steroid dienone is 1. The highest BCUT2D eigenvalue weighted by Gasteiger charge is 2.18. The number of benzene rings is 1. The molecule has 1 aromatic carbocycles. The standard InChI is InChI=1S/C13H12N2O2/c1-11(16)15(12-7-3-2-4-8-12)13(17)9-5-6-10-14/h2-8H,9H2,1H3/b6-5+. The molecule has 0 atom stereocenters. The van der Waals surface area contributed by atoms with E-state index in [2.05, 4.69) is 0 Å². The molecule has 0 aromatic heterocycles. The fraction of sp³-hybridized carbons (Fsp3) is 0.154. The minimum absolute atomic E-state index is 0.0298. The molecular formula is C13H12N2O2. The average Bonchev–Trinajstić information content (AvgIpc) is 2.30. The predicted octanol–water partition coefficient (Wildman–Crippen LogP) is 2.04. The molecule has 0 bridgehead atoms. The maximum atomic E-state index is 11.8. The molecule has 1 rings (SSSR count). The van der Waals surface area contributed by atoms with Gasteiger partial charge >= 0.3 is 0 Å². The molecule has 0 fully saturated rings. The molecular weight excluding hydrogens is 216 g/mol. The molecule has 0 saturated heterocycles. The fourth-order valence-corrected chi connectivity index (χ4v) is 1.38. The van der Waals surface area contributed by atoms with Gasteiger partial charge in [0, 0.05) is 19.4 Å². The first-order valence-electron chi connectivity index (χ1n) is 5.10. The largest absolute Gasteiger partial charge is 0.274 e. The fourth-order valence-electron chi connectivity index (χ4n) is 1.38. The van der Waals surface area contributed by atoms with Crippen LogP contribution in [0.5, 0.6) is 0 Å². The first-order chi connectivity index (χ1) is 8.16. The molecule has 0 unspecified atom stereocenters. The Bertz CT molecular complexity index is 472. The minimum Gasteiger partial charge on any atom is -0.274 e. The third-order valence-electron chi connectivity index (χ3n) is 2.06. The van der Waals surface area contributed by atoms with Gasteiger partial charge in [-0.15, -0.1) is 0 Å². The van der Waals surface area contributed by atoms with E-state index in [-0.39, 0.29) is 18.2 Å². The highest BCUT2D eigenvalue weighted by atomic mass is 16.2. The summed E-state index contributed by atoms with van der Waals surface area (Å²) in [5.74, 6) is -0.693. The number of carbonyl (C=O) groups excluding carboxylic acids is 2. The predicted molar refractivity (Wildman–Crippen MR) is 64.0 cm³/mol. The Morgan fingerprint density at radius 2 is 2.00 bits per heavy atom. The van der Waals surface area contributed by atoms with Crippen LogP contribution < -0.4 is 4.90 Å². The second-order valence-electron chi connectivity index (χ2n) is 3.32. The minimum atomic E-state index is -0.352. The molecule has 17 heavy (non-hydrogen) atoms. The van der Waals surface area contributed by atoms with Crippen molar-refractivity contribution in [1.82, 2.24) is 0 Å². The molecule has 1 aromatic rings. The Kier molecular flexibility index (Phi) is 4.64. The van der Waals surface area contributed by atoms with Crippen LogP contribution in [0.15, 0.2) is 42.5 Å². The zero-order valence-corrected chi connectivity index (χ0v) is 9.46. The Morgan fingerprint density at radius 3 is 2.53 bits per heavy atom. The molecule has 4 nitrogen and oxygen atoms in total. The number of amides is 2. The number of anilines is 1. The average molecular weight is 228 g/mol. The number of hydrogen-bond donors (Lipinski definition) is 0. The van der Waals surface area contributed by atoms with Gasteiger partial charge in [-0.3, -0.25) is 14.5 Å². The smallest absolute Gasteiger partial charge is 0.237 e. The van der Waals surface area contributed by atoms with Crippen LogP contribution in [0.25, 0.3) is 0 Å². The van der Waals surface area contributed by atoms with Gasteiger partial charge in [-0.05, 0) is 12.1 Å². The zero-order chi connectivity index (χ0) is 12.7. The Labute approximate surface area is 99.8 Å². The summed E-state index contributed by atoms with van der Waals surface area (Å²) in [6.45, 7) is 1.33. The van der Waals surface area contributed by atoms with Crippen molar-refractivity contribution in [3.63, 3.8) is 0 Å². The Morgan fingerprint density at radius 1 is 1.35 bits per heavy atom. The first kappa shape index (κ1) is 12.7. The zero-order valence-electron chi connectivity index (χ0n) is 9.46. The van der Waals surface area contributed by atoms with E-state index in [1.807, 2.05) is 6.07 Å². The molecule has 4 heteroatoms. The summed E-state index contributed by atoms with van der Waals surface area (Å²) in [5, 5.41) is 8.32. The quantitative estimate of drug-likeness (QED) is 0.744. The van der Waals surface area contributed by atoms with Gasteiger partial charge in [-0.1, -0.05) is 24.3 Å². The lowest BCUT2D eigenvalue weighted by Crippen LogP contribution is -2.34. The molecule has 0 aliphatic carbocycles. The Balaban J connectivity index is 2.88. The first-order valence-corrected chi connectivity index (χ1v) is 5.10. The summed E-state index contributed by atoms with van der Waals surface area (Å²) in [5.41, 5.74) is 0.537. The summed E-state index contributed by atoms with van der Waals surface area (Å²) in [7, 11) is 0. The van der Waals surface area contributed by atoms with Crippen molar-refractivity contribution in [1.29, 1.82) is 5.26 Å². The van der Waals surface area contributed by atoms with Crippen molar-refractivity contribution in [2.75, 3.05) is 4.90 Å². The van der Waals surface area contributed by atoms with Crippen molar-refractivity contribution in [3.05, 3.63) is 42.5 Å². The van der Waals surface area contributed by atoms with E-state index in [9.17, 15) is 9.59 Å². The van der Waals surface area contributed by atoms with Crippen LogP contribution in [0.1, 0.15) is 13.3 Å². The topological polar surface area (TPSA) is 61.2 Å². The highest BCUT2D eigenvalue weighted by Crippen LogP contribution is 2.14. The summed E-state index contributed by atoms with van der Waals surface area (Å²) in [6.07, 6.45) is 2.68. The van der Waals surface area contributed by atoms with Crippen LogP contribution in [-0.2, 0) is 9.59 Å². The summed E-state index contributed by atoms with van der Waals surface area (Å²) in [4.78, 5) is 24.3. The lowest BCUT2D eigenvalue weighted by molar-refractivity contribution is -0.124. The van der Waals surface area contributed by atoms with Gasteiger partial charge < -0.3 is 0 Å². The number of rotatable bonds is 3. The van der Waals surface area contributed by atoms with Gasteiger partial charge in [0.15, 0.2) is 0 Å². The van der Waals surface area contributed by atoms with Crippen LogP contribution in [0.3, 0.4) is 0 Å². The van der Waals surface area contributed by atoms with Gasteiger partial charge in [-0.2, -0.15) is 5.26 Å². The molecule has 0 radical (unpaired) electrons. The van der Waals surface area contributed by atoms with Gasteiger partial charge in [-0.25, -0.2) is 0 Å². The van der Waals surface area contributed by atoms with Crippen molar-refractivity contribution in [2.45, 2.75) is 13.3 Å². The maximum absolute atomic E-state index is 11.8. The normalized spacial score (nSPS) is 9.88. The maximum Gasteiger partial charge on any atom is 0.237 e. The van der Waals surface area contributed by atoms with E-state index in [4.69, 9.17) is 5.26 Å². The van der Waals surface area contributed by atoms with E-state index >= 15 is 0 Å². The monoisotopic (exact) mass is 228 g/mol. The van der Waals surface area contributed by atoms with E-state index in [0.29, 0.717) is 5.69 Å². The van der Waals surface area contributed by atoms with E-state index in [1.54, 1.807) is 30.3 Å². The van der Waals surface area contributed by atoms with Crippen LogP contribution in [0.2, 0.25) is 0 Å². The second kappa shape index (κ2) is 6.23. The van der Waals surface area contributed by atoms with Crippen LogP contribution in [0, 0.1) is 11.3 Å². The van der Waals surface area contributed by atoms with Crippen LogP contribution >= 0.6 is 0 Å². The number of carbonyl (C=O) groups is 2. The number of para-hydroxylation sites is 1. The highest BCUT2D eigenvalue weighted by molar-refractivity contribution is 6.14. The van der Waals surface area contributed by atoms with Crippen LogP contribution in [-0.4, -0.2) is 11.8 Å². The van der Waals surface area contributed by atoms with Crippen molar-refractivity contribution in [2.24, 2.45) is 0 Å². The molecule has 0 saturated carbocycles. The molecule has 0 spiro atoms. The lowest BCUT2D eigenvalue weighted by Gasteiger charge is -2.18. The van der Waals surface area contributed by atoms with Crippen molar-refractivity contribution in [3.8, 4) is 6.07 Å². The number of nitriles is 1. The van der Waals surface area contributed by atoms with Crippen molar-refractivity contribution < 1.29 is 9.59 Å². The number of nitrogens with zero attached hydrogens (tertiary/aromatic N) is 2. The van der Waals surface area contributed by atoms with Crippen LogP contribution in [0.4, 0.5) is 5.69 Å². The van der Waals surface area contributed by atoms with Gasteiger partial charge in [0.1, 0.15) is 0 Å². The van der Waals surface area contributed by atoms with Gasteiger partial charge in [0.25, 0.3) is 0 Å². The molecule has 0 heterocycles. The van der Waals surface area contributed by atoms with E-state index in [1.165, 1.54) is 19.1 Å². The number of imide groups is 1. The summed E-state index contributed by atoms with van der Waals surface area (Å²) >= 11 is 0. The molecule has 2 amide bonds. The summed E-state index contributed by atoms with van der Waals surface area (Å²) in [6, 6.07) is 10.5. The number of hydrogen-bond acceptors (Lipinski definition) is 3. The van der Waals surface area contributed by atoms with Gasteiger partial charge in [0.2, 0.25) is 11.8 Å². The second-order valence-corrected chi connectivity index (χ2v) is 3.32. The third kappa shape index (κ3) is 3.58. The molecule has 86 valence electrons. The Hall–Kier alpha value is -2.41. The van der Waals surface area contributed by atoms with Gasteiger partial charge in [0.05, 0.1) is 11.8 Å². The molecule has 0 aliphatic heterocycles. The lowest BCUT2D eigenvalue weighted by atomic mass is 10.2. The van der Waals surface area contributed by atoms with E-state index < -0.39 is 0 Å². The molecule has 0 N–H and O–H groups in total. The molecule has 0 aliphatic rings. The van der Waals surface area contributed by atoms with Crippen molar-refractivity contribution >= 4 is 17.5 Å². The summed E-state index contributed by atoms with van der Waals surface area (Å²) < 4.78 is 0.